The summed E-state index contributed by atoms with van der Waals surface area (Å²) in [5.41, 5.74) is -0.790. The number of carbonyl (C=O) groups is 1. The number of aliphatic hydroxyl groups is 1. The molecule has 0 aliphatic carbocycles. The lowest BCUT2D eigenvalue weighted by atomic mass is 9.91. The largest absolute Gasteiger partial charge is 0.390 e. The Morgan fingerprint density at radius 1 is 0.708 bits per heavy atom. The summed E-state index contributed by atoms with van der Waals surface area (Å²) >= 11 is 0. The van der Waals surface area contributed by atoms with Crippen molar-refractivity contribution >= 4 is 5.78 Å². The summed E-state index contributed by atoms with van der Waals surface area (Å²) in [6.45, 7) is 6.31. The van der Waals surface area contributed by atoms with Crippen LogP contribution in [0.2, 0.25) is 0 Å². The number of ketones is 1. The van der Waals surface area contributed by atoms with Gasteiger partial charge in [0, 0.05) is 12.8 Å². The van der Waals surface area contributed by atoms with Crippen LogP contribution in [0.3, 0.4) is 0 Å². The highest BCUT2D eigenvalue weighted by atomic mass is 16.3. The topological polar surface area (TPSA) is 37.3 Å². The first-order chi connectivity index (χ1) is 11.5. The van der Waals surface area contributed by atoms with Crippen LogP contribution in [0.25, 0.3) is 0 Å². The number of carbonyl (C=O) groups excluding carboxylic acids is 1. The molecule has 0 bridgehead atoms. The molecular formula is C22H44O2. The molecule has 0 fully saturated rings. The lowest BCUT2D eigenvalue weighted by Gasteiger charge is -2.22. The van der Waals surface area contributed by atoms with E-state index in [1.807, 2.05) is 6.92 Å². The van der Waals surface area contributed by atoms with Gasteiger partial charge in [-0.2, -0.15) is 0 Å². The van der Waals surface area contributed by atoms with Crippen LogP contribution in [0.5, 0.6) is 0 Å². The van der Waals surface area contributed by atoms with Crippen molar-refractivity contribution in [2.75, 3.05) is 0 Å². The van der Waals surface area contributed by atoms with E-state index in [0.29, 0.717) is 12.8 Å². The van der Waals surface area contributed by atoms with E-state index in [-0.39, 0.29) is 5.78 Å². The predicted octanol–water partition coefficient (Wildman–Crippen LogP) is 6.98. The van der Waals surface area contributed by atoms with Crippen molar-refractivity contribution in [2.45, 2.75) is 136 Å². The molecule has 0 aromatic heterocycles. The van der Waals surface area contributed by atoms with E-state index in [0.717, 1.165) is 25.7 Å². The maximum absolute atomic E-state index is 12.0. The van der Waals surface area contributed by atoms with Crippen LogP contribution in [-0.4, -0.2) is 16.5 Å². The Bertz CT molecular complexity index is 284. The molecule has 144 valence electrons. The molecule has 1 atom stereocenters. The van der Waals surface area contributed by atoms with E-state index in [2.05, 4.69) is 13.8 Å². The Kier molecular flexibility index (Phi) is 15.9. The average Bonchev–Trinajstić information content (AvgIpc) is 2.52. The van der Waals surface area contributed by atoms with Gasteiger partial charge < -0.3 is 5.11 Å². The number of Topliss-reactive ketones (excluding diaryl/α,β-unsaturated/α-hetero) is 1. The highest BCUT2D eigenvalue weighted by molar-refractivity contribution is 5.79. The zero-order chi connectivity index (χ0) is 18.1. The molecule has 24 heavy (non-hydrogen) atoms. The molecule has 0 saturated heterocycles. The summed E-state index contributed by atoms with van der Waals surface area (Å²) in [5, 5.41) is 10.4. The van der Waals surface area contributed by atoms with Gasteiger partial charge in [-0.1, -0.05) is 97.3 Å². The SMILES string of the molecule is CCCCCCCCCC(=O)CC(C)(O)CCCCCCCCC. The second kappa shape index (κ2) is 16.1. The van der Waals surface area contributed by atoms with Crippen molar-refractivity contribution in [3.05, 3.63) is 0 Å². The van der Waals surface area contributed by atoms with Crippen molar-refractivity contribution < 1.29 is 9.90 Å². The highest BCUT2D eigenvalue weighted by Crippen LogP contribution is 2.21. The minimum atomic E-state index is -0.790. The van der Waals surface area contributed by atoms with Crippen molar-refractivity contribution in [3.63, 3.8) is 0 Å². The molecule has 0 saturated carbocycles. The zero-order valence-corrected chi connectivity index (χ0v) is 16.9. The first-order valence-electron chi connectivity index (χ1n) is 10.8. The summed E-state index contributed by atoms with van der Waals surface area (Å²) in [6.07, 6.45) is 19.2. The second-order valence-electron chi connectivity index (χ2n) is 7.96. The van der Waals surface area contributed by atoms with Crippen molar-refractivity contribution in [3.8, 4) is 0 Å². The van der Waals surface area contributed by atoms with Crippen LogP contribution in [0.1, 0.15) is 130 Å². The number of unbranched alkanes of at least 4 members (excludes halogenated alkanes) is 12. The Morgan fingerprint density at radius 3 is 1.62 bits per heavy atom. The lowest BCUT2D eigenvalue weighted by molar-refractivity contribution is -0.123. The summed E-state index contributed by atoms with van der Waals surface area (Å²) in [5.74, 6) is 0.247. The highest BCUT2D eigenvalue weighted by Gasteiger charge is 2.23. The monoisotopic (exact) mass is 340 g/mol. The van der Waals surface area contributed by atoms with Gasteiger partial charge in [-0.05, 0) is 19.8 Å². The van der Waals surface area contributed by atoms with Crippen LogP contribution in [0.15, 0.2) is 0 Å². The Morgan fingerprint density at radius 2 is 1.12 bits per heavy atom. The predicted molar refractivity (Wildman–Crippen MR) is 105 cm³/mol. The average molecular weight is 341 g/mol. The first kappa shape index (κ1) is 23.6. The van der Waals surface area contributed by atoms with Gasteiger partial charge in [-0.25, -0.2) is 0 Å². The number of hydrogen-bond donors (Lipinski definition) is 1. The van der Waals surface area contributed by atoms with Gasteiger partial charge in [-0.15, -0.1) is 0 Å². The fourth-order valence-corrected chi connectivity index (χ4v) is 3.34. The standard InChI is InChI=1S/C22H44O2/c1-4-6-8-10-12-14-16-18-21(23)20-22(3,24)19-17-15-13-11-9-7-5-2/h24H,4-20H2,1-3H3. The Balaban J connectivity index is 3.56. The molecule has 0 radical (unpaired) electrons. The van der Waals surface area contributed by atoms with Crippen LogP contribution in [0, 0.1) is 0 Å². The van der Waals surface area contributed by atoms with Crippen molar-refractivity contribution in [1.82, 2.24) is 0 Å². The van der Waals surface area contributed by atoms with E-state index < -0.39 is 5.60 Å². The molecule has 0 aromatic carbocycles. The van der Waals surface area contributed by atoms with Crippen molar-refractivity contribution in [1.29, 1.82) is 0 Å². The van der Waals surface area contributed by atoms with Gasteiger partial charge in [0.25, 0.3) is 0 Å². The van der Waals surface area contributed by atoms with Crippen LogP contribution >= 0.6 is 0 Å². The smallest absolute Gasteiger partial charge is 0.135 e. The van der Waals surface area contributed by atoms with E-state index in [1.165, 1.54) is 70.6 Å². The maximum Gasteiger partial charge on any atom is 0.135 e. The Labute approximate surface area is 151 Å². The van der Waals surface area contributed by atoms with E-state index in [4.69, 9.17) is 0 Å². The molecule has 1 unspecified atom stereocenters. The van der Waals surface area contributed by atoms with Gasteiger partial charge in [-0.3, -0.25) is 4.79 Å². The van der Waals surface area contributed by atoms with Gasteiger partial charge in [0.2, 0.25) is 0 Å². The van der Waals surface area contributed by atoms with E-state index in [9.17, 15) is 9.90 Å². The molecular weight excluding hydrogens is 296 g/mol. The normalized spacial score (nSPS) is 13.8. The fraction of sp³-hybridized carbons (Fsp3) is 0.955. The second-order valence-corrected chi connectivity index (χ2v) is 7.96. The molecule has 0 heterocycles. The summed E-state index contributed by atoms with van der Waals surface area (Å²) in [4.78, 5) is 12.0. The molecule has 0 rings (SSSR count). The fourth-order valence-electron chi connectivity index (χ4n) is 3.34. The molecule has 0 aliphatic rings. The van der Waals surface area contributed by atoms with Gasteiger partial charge in [0.05, 0.1) is 5.60 Å². The molecule has 0 spiro atoms. The van der Waals surface area contributed by atoms with E-state index >= 15 is 0 Å². The summed E-state index contributed by atoms with van der Waals surface area (Å²) in [7, 11) is 0. The number of rotatable bonds is 18. The number of hydrogen-bond acceptors (Lipinski definition) is 2. The molecule has 2 heteroatoms. The first-order valence-corrected chi connectivity index (χ1v) is 10.8. The maximum atomic E-state index is 12.0. The minimum Gasteiger partial charge on any atom is -0.390 e. The van der Waals surface area contributed by atoms with Gasteiger partial charge in [0.15, 0.2) is 0 Å². The third kappa shape index (κ3) is 16.5. The van der Waals surface area contributed by atoms with Gasteiger partial charge >= 0.3 is 0 Å². The van der Waals surface area contributed by atoms with Crippen LogP contribution in [0.4, 0.5) is 0 Å². The Hall–Kier alpha value is -0.370. The summed E-state index contributed by atoms with van der Waals surface area (Å²) < 4.78 is 0. The third-order valence-corrected chi connectivity index (χ3v) is 4.96. The van der Waals surface area contributed by atoms with Gasteiger partial charge in [0.1, 0.15) is 5.78 Å². The molecule has 1 N–H and O–H groups in total. The molecule has 0 amide bonds. The minimum absolute atomic E-state index is 0.247. The van der Waals surface area contributed by atoms with Crippen molar-refractivity contribution in [2.24, 2.45) is 0 Å². The molecule has 0 aromatic rings. The van der Waals surface area contributed by atoms with Crippen LogP contribution in [-0.2, 0) is 4.79 Å². The third-order valence-electron chi connectivity index (χ3n) is 4.96. The van der Waals surface area contributed by atoms with E-state index in [1.54, 1.807) is 0 Å². The summed E-state index contributed by atoms with van der Waals surface area (Å²) in [6, 6.07) is 0. The quantitative estimate of drug-likeness (QED) is 0.273. The zero-order valence-electron chi connectivity index (χ0n) is 16.9. The molecule has 2 nitrogen and oxygen atoms in total. The lowest BCUT2D eigenvalue weighted by Crippen LogP contribution is -2.27. The van der Waals surface area contributed by atoms with Crippen LogP contribution < -0.4 is 0 Å². The molecule has 0 aliphatic heterocycles.